The first-order chi connectivity index (χ1) is 14.1. The van der Waals surface area contributed by atoms with Crippen molar-refractivity contribution in [2.75, 3.05) is 19.7 Å². The smallest absolute Gasteiger partial charge is 0.244 e. The number of hydrogen-bond donors (Lipinski definition) is 1. The fourth-order valence-corrected chi connectivity index (χ4v) is 5.64. The summed E-state index contributed by atoms with van der Waals surface area (Å²) in [6, 6.07) is 9.50. The van der Waals surface area contributed by atoms with E-state index in [2.05, 4.69) is 0 Å². The quantitative estimate of drug-likeness (QED) is 0.666. The average Bonchev–Trinajstić information content (AvgIpc) is 2.62. The maximum Gasteiger partial charge on any atom is 0.244 e. The summed E-state index contributed by atoms with van der Waals surface area (Å²) in [5.74, 6) is -1.21. The lowest BCUT2D eigenvalue weighted by atomic mass is 9.79. The summed E-state index contributed by atoms with van der Waals surface area (Å²) >= 11 is 11.8. The Labute approximate surface area is 182 Å². The molecule has 158 valence electrons. The Morgan fingerprint density at radius 1 is 1.27 bits per heavy atom. The zero-order chi connectivity index (χ0) is 22.1. The Balaban J connectivity index is 1.76. The molecule has 0 saturated carbocycles. The van der Waals surface area contributed by atoms with Gasteiger partial charge in [-0.15, -0.1) is 0 Å². The molecule has 1 aliphatic heterocycles. The van der Waals surface area contributed by atoms with Gasteiger partial charge in [0, 0.05) is 36.0 Å². The normalized spacial score (nSPS) is 15.8. The van der Waals surface area contributed by atoms with E-state index in [4.69, 9.17) is 38.9 Å². The number of primary amides is 1. The molecule has 7 nitrogen and oxygen atoms in total. The van der Waals surface area contributed by atoms with Crippen molar-refractivity contribution in [3.63, 3.8) is 0 Å². The van der Waals surface area contributed by atoms with Crippen LogP contribution in [0.5, 0.6) is 5.75 Å². The van der Waals surface area contributed by atoms with Gasteiger partial charge in [0.25, 0.3) is 0 Å². The molecule has 0 spiro atoms. The second-order valence-corrected chi connectivity index (χ2v) is 9.78. The zero-order valence-electron chi connectivity index (χ0n) is 15.4. The molecule has 0 bridgehead atoms. The molecule has 1 aliphatic rings. The summed E-state index contributed by atoms with van der Waals surface area (Å²) in [7, 11) is -3.92. The van der Waals surface area contributed by atoms with Crippen LogP contribution in [0.25, 0.3) is 0 Å². The van der Waals surface area contributed by atoms with Crippen molar-refractivity contribution in [1.82, 2.24) is 4.31 Å². The SMILES string of the molecule is N#Cc1ccc(OCC2(CC(N)=O)CN(S(=O)(=O)c3ccc(Cl)cc3Cl)C2)cc1F. The molecule has 0 unspecified atom stereocenters. The maximum absolute atomic E-state index is 13.8. The molecule has 2 N–H and O–H groups in total. The highest BCUT2D eigenvalue weighted by molar-refractivity contribution is 7.89. The number of hydrogen-bond acceptors (Lipinski definition) is 5. The van der Waals surface area contributed by atoms with E-state index in [0.29, 0.717) is 5.02 Å². The first kappa shape index (κ1) is 22.3. The minimum atomic E-state index is -3.92. The molecule has 0 radical (unpaired) electrons. The highest BCUT2D eigenvalue weighted by atomic mass is 35.5. The minimum absolute atomic E-state index is 0.0146. The summed E-state index contributed by atoms with van der Waals surface area (Å²) in [5, 5.41) is 9.07. The molecule has 1 heterocycles. The summed E-state index contributed by atoms with van der Waals surface area (Å²) in [5.41, 5.74) is 4.33. The van der Waals surface area contributed by atoms with Gasteiger partial charge in [-0.3, -0.25) is 4.79 Å². The Kier molecular flexibility index (Phi) is 6.24. The summed E-state index contributed by atoms with van der Waals surface area (Å²) < 4.78 is 46.2. The molecule has 1 amide bonds. The van der Waals surface area contributed by atoms with Crippen LogP contribution in [0.1, 0.15) is 12.0 Å². The lowest BCUT2D eigenvalue weighted by Gasteiger charge is -2.48. The number of halogens is 3. The van der Waals surface area contributed by atoms with E-state index >= 15 is 0 Å². The predicted molar refractivity (Wildman–Crippen MR) is 108 cm³/mol. The van der Waals surface area contributed by atoms with Crippen LogP contribution < -0.4 is 10.5 Å². The van der Waals surface area contributed by atoms with Gasteiger partial charge in [-0.25, -0.2) is 12.8 Å². The number of rotatable bonds is 7. The minimum Gasteiger partial charge on any atom is -0.493 e. The van der Waals surface area contributed by atoms with Crippen LogP contribution >= 0.6 is 23.2 Å². The second-order valence-electron chi connectivity index (χ2n) is 7.03. The highest BCUT2D eigenvalue weighted by Crippen LogP contribution is 2.40. The van der Waals surface area contributed by atoms with Crippen LogP contribution in [-0.2, 0) is 14.8 Å². The van der Waals surface area contributed by atoms with Crippen LogP contribution in [0.3, 0.4) is 0 Å². The van der Waals surface area contributed by atoms with Crippen molar-refractivity contribution in [2.24, 2.45) is 11.1 Å². The van der Waals surface area contributed by atoms with E-state index in [1.54, 1.807) is 6.07 Å². The van der Waals surface area contributed by atoms with Crippen LogP contribution in [0.4, 0.5) is 4.39 Å². The largest absolute Gasteiger partial charge is 0.493 e. The number of amides is 1. The molecule has 1 fully saturated rings. The van der Waals surface area contributed by atoms with Gasteiger partial charge in [0.05, 0.1) is 17.2 Å². The molecule has 0 aliphatic carbocycles. The molecule has 1 saturated heterocycles. The lowest BCUT2D eigenvalue weighted by molar-refractivity contribution is -0.123. The van der Waals surface area contributed by atoms with Crippen LogP contribution in [0, 0.1) is 22.6 Å². The van der Waals surface area contributed by atoms with Crippen molar-refractivity contribution < 1.29 is 22.3 Å². The van der Waals surface area contributed by atoms with E-state index in [1.807, 2.05) is 0 Å². The Morgan fingerprint density at radius 2 is 1.97 bits per heavy atom. The van der Waals surface area contributed by atoms with Crippen LogP contribution in [0.2, 0.25) is 10.0 Å². The number of nitrogens with zero attached hydrogens (tertiary/aromatic N) is 2. The summed E-state index contributed by atoms with van der Waals surface area (Å²) in [4.78, 5) is 11.4. The maximum atomic E-state index is 13.8. The number of nitriles is 1. The monoisotopic (exact) mass is 471 g/mol. The van der Waals surface area contributed by atoms with E-state index in [1.165, 1.54) is 30.3 Å². The van der Waals surface area contributed by atoms with Gasteiger partial charge in [-0.2, -0.15) is 9.57 Å². The summed E-state index contributed by atoms with van der Waals surface area (Å²) in [6.07, 6.45) is -0.119. The number of sulfonamides is 1. The van der Waals surface area contributed by atoms with Crippen molar-refractivity contribution in [2.45, 2.75) is 11.3 Å². The van der Waals surface area contributed by atoms with Gasteiger partial charge in [0.1, 0.15) is 22.5 Å². The molecule has 0 atom stereocenters. The van der Waals surface area contributed by atoms with Crippen molar-refractivity contribution >= 4 is 39.1 Å². The molecule has 2 aromatic rings. The third-order valence-corrected chi connectivity index (χ3v) is 7.20. The Bertz CT molecular complexity index is 1140. The molecule has 3 rings (SSSR count). The lowest BCUT2D eigenvalue weighted by Crippen LogP contribution is -2.61. The third kappa shape index (κ3) is 4.52. The fraction of sp³-hybridized carbons (Fsp3) is 0.263. The van der Waals surface area contributed by atoms with E-state index < -0.39 is 27.2 Å². The van der Waals surface area contributed by atoms with Crippen molar-refractivity contribution in [1.29, 1.82) is 5.26 Å². The van der Waals surface area contributed by atoms with Gasteiger partial charge in [0.15, 0.2) is 0 Å². The predicted octanol–water partition coefficient (Wildman–Crippen LogP) is 2.95. The number of carbonyl (C=O) groups is 1. The number of nitrogens with two attached hydrogens (primary N) is 1. The standard InChI is InChI=1S/C19H16Cl2FN3O4S/c20-13-2-4-17(15(21)5-13)30(27,28)25-9-19(10-25,7-18(24)26)11-29-14-3-1-12(8-23)16(22)6-14/h1-6H,7,9-11H2,(H2,24,26). The Morgan fingerprint density at radius 3 is 2.53 bits per heavy atom. The van der Waals surface area contributed by atoms with Gasteiger partial charge in [-0.05, 0) is 30.3 Å². The first-order valence-electron chi connectivity index (χ1n) is 8.62. The van der Waals surface area contributed by atoms with Gasteiger partial charge < -0.3 is 10.5 Å². The molecule has 0 aromatic heterocycles. The second kappa shape index (κ2) is 8.40. The van der Waals surface area contributed by atoms with Crippen LogP contribution in [0.15, 0.2) is 41.3 Å². The topological polar surface area (TPSA) is 113 Å². The van der Waals surface area contributed by atoms with Crippen LogP contribution in [-0.4, -0.2) is 38.3 Å². The van der Waals surface area contributed by atoms with Crippen molar-refractivity contribution in [3.05, 3.63) is 57.8 Å². The van der Waals surface area contributed by atoms with Gasteiger partial charge in [-0.1, -0.05) is 23.2 Å². The first-order valence-corrected chi connectivity index (χ1v) is 10.8. The number of benzene rings is 2. The molecule has 30 heavy (non-hydrogen) atoms. The fourth-order valence-electron chi connectivity index (χ4n) is 3.23. The Hall–Kier alpha value is -2.38. The molecule has 11 heteroatoms. The van der Waals surface area contributed by atoms with Crippen molar-refractivity contribution in [3.8, 4) is 11.8 Å². The van der Waals surface area contributed by atoms with E-state index in [9.17, 15) is 17.6 Å². The summed E-state index contributed by atoms with van der Waals surface area (Å²) in [6.45, 7) is -0.131. The van der Waals surface area contributed by atoms with Gasteiger partial charge in [0.2, 0.25) is 15.9 Å². The average molecular weight is 472 g/mol. The van der Waals surface area contributed by atoms with Gasteiger partial charge >= 0.3 is 0 Å². The number of ether oxygens (including phenoxy) is 1. The molecule has 2 aromatic carbocycles. The molecular weight excluding hydrogens is 456 g/mol. The van der Waals surface area contributed by atoms with E-state index in [0.717, 1.165) is 10.4 Å². The third-order valence-electron chi connectivity index (χ3n) is 4.69. The zero-order valence-corrected chi connectivity index (χ0v) is 17.8. The number of carbonyl (C=O) groups excluding carboxylic acids is 1. The molecular formula is C19H16Cl2FN3O4S. The highest BCUT2D eigenvalue weighted by Gasteiger charge is 2.50. The van der Waals surface area contributed by atoms with E-state index in [-0.39, 0.29) is 47.3 Å².